The number of aromatic nitrogens is 1. The van der Waals surface area contributed by atoms with Gasteiger partial charge in [0.1, 0.15) is 6.26 Å². The highest BCUT2D eigenvalue weighted by Crippen LogP contribution is 2.21. The SMILES string of the molecule is CN(CC1(O)CCOCC1)C(=O)c1ccon1. The standard InChI is InChI=1S/C11H16N2O4/c1-13(10(14)9-2-5-17-12-9)8-11(15)3-6-16-7-4-11/h2,5,15H,3-4,6-8H2,1H3. The van der Waals surface area contributed by atoms with Crippen LogP contribution in [0.2, 0.25) is 0 Å². The molecule has 94 valence electrons. The van der Waals surface area contributed by atoms with Gasteiger partial charge in [-0.15, -0.1) is 0 Å². The maximum absolute atomic E-state index is 11.9. The van der Waals surface area contributed by atoms with Gasteiger partial charge in [-0.3, -0.25) is 4.79 Å². The number of likely N-dealkylation sites (N-methyl/N-ethyl adjacent to an activating group) is 1. The molecule has 1 amide bonds. The summed E-state index contributed by atoms with van der Waals surface area (Å²) in [5, 5.41) is 13.9. The molecule has 0 aromatic carbocycles. The van der Waals surface area contributed by atoms with Crippen LogP contribution < -0.4 is 0 Å². The second kappa shape index (κ2) is 4.85. The Morgan fingerprint density at radius 1 is 1.59 bits per heavy atom. The van der Waals surface area contributed by atoms with Gasteiger partial charge in [-0.05, 0) is 0 Å². The summed E-state index contributed by atoms with van der Waals surface area (Å²) in [5.74, 6) is -0.251. The van der Waals surface area contributed by atoms with Gasteiger partial charge in [-0.2, -0.15) is 0 Å². The zero-order valence-corrected chi connectivity index (χ0v) is 9.76. The van der Waals surface area contributed by atoms with Gasteiger partial charge in [0, 0.05) is 45.7 Å². The van der Waals surface area contributed by atoms with Crippen LogP contribution in [0.3, 0.4) is 0 Å². The van der Waals surface area contributed by atoms with Crippen molar-refractivity contribution in [3.63, 3.8) is 0 Å². The zero-order valence-electron chi connectivity index (χ0n) is 9.76. The zero-order chi connectivity index (χ0) is 12.3. The molecular weight excluding hydrogens is 224 g/mol. The molecule has 0 atom stereocenters. The summed E-state index contributed by atoms with van der Waals surface area (Å²) in [4.78, 5) is 13.3. The van der Waals surface area contributed by atoms with E-state index in [2.05, 4.69) is 9.68 Å². The van der Waals surface area contributed by atoms with Crippen molar-refractivity contribution in [3.8, 4) is 0 Å². The quantitative estimate of drug-likeness (QED) is 0.821. The highest BCUT2D eigenvalue weighted by molar-refractivity contribution is 5.91. The van der Waals surface area contributed by atoms with Crippen LogP contribution in [0, 0.1) is 0 Å². The van der Waals surface area contributed by atoms with E-state index in [1.807, 2.05) is 0 Å². The molecule has 6 heteroatoms. The third-order valence-corrected chi connectivity index (χ3v) is 2.96. The second-order valence-corrected chi connectivity index (χ2v) is 4.38. The Kier molecular flexibility index (Phi) is 3.44. The molecule has 1 aliphatic heterocycles. The fraction of sp³-hybridized carbons (Fsp3) is 0.636. The number of carbonyl (C=O) groups excluding carboxylic acids is 1. The number of nitrogens with zero attached hydrogens (tertiary/aromatic N) is 2. The Morgan fingerprint density at radius 2 is 2.29 bits per heavy atom. The van der Waals surface area contributed by atoms with E-state index in [9.17, 15) is 9.90 Å². The smallest absolute Gasteiger partial charge is 0.275 e. The molecule has 17 heavy (non-hydrogen) atoms. The predicted octanol–water partition coefficient (Wildman–Crippen LogP) is 0.288. The maximum Gasteiger partial charge on any atom is 0.275 e. The van der Waals surface area contributed by atoms with Crippen molar-refractivity contribution in [1.82, 2.24) is 10.1 Å². The lowest BCUT2D eigenvalue weighted by Gasteiger charge is -2.35. The van der Waals surface area contributed by atoms with E-state index in [0.29, 0.717) is 26.1 Å². The van der Waals surface area contributed by atoms with Crippen molar-refractivity contribution < 1.29 is 19.2 Å². The predicted molar refractivity (Wildman–Crippen MR) is 58.5 cm³/mol. The third kappa shape index (κ3) is 2.83. The maximum atomic E-state index is 11.9. The summed E-state index contributed by atoms with van der Waals surface area (Å²) in [6, 6.07) is 1.51. The molecule has 6 nitrogen and oxygen atoms in total. The minimum absolute atomic E-state index is 0.251. The van der Waals surface area contributed by atoms with Crippen LogP contribution in [0.4, 0.5) is 0 Å². The summed E-state index contributed by atoms with van der Waals surface area (Å²) < 4.78 is 9.81. The van der Waals surface area contributed by atoms with Crippen LogP contribution in [0.1, 0.15) is 23.3 Å². The average molecular weight is 240 g/mol. The van der Waals surface area contributed by atoms with Crippen molar-refractivity contribution in [2.75, 3.05) is 26.8 Å². The minimum atomic E-state index is -0.855. The molecule has 1 N–H and O–H groups in total. The summed E-state index contributed by atoms with van der Waals surface area (Å²) in [5.41, 5.74) is -0.602. The highest BCUT2D eigenvalue weighted by Gasteiger charge is 2.32. The van der Waals surface area contributed by atoms with E-state index < -0.39 is 5.60 Å². The summed E-state index contributed by atoms with van der Waals surface area (Å²) in [6.45, 7) is 1.34. The molecule has 1 aromatic rings. The minimum Gasteiger partial charge on any atom is -0.388 e. The van der Waals surface area contributed by atoms with E-state index in [0.717, 1.165) is 0 Å². The van der Waals surface area contributed by atoms with Crippen LogP contribution in [0.15, 0.2) is 16.9 Å². The molecule has 1 aliphatic rings. The molecule has 1 aromatic heterocycles. The van der Waals surface area contributed by atoms with Crippen LogP contribution in [0.25, 0.3) is 0 Å². The Balaban J connectivity index is 1.96. The number of aliphatic hydroxyl groups is 1. The number of hydrogen-bond donors (Lipinski definition) is 1. The van der Waals surface area contributed by atoms with Crippen molar-refractivity contribution in [2.24, 2.45) is 0 Å². The van der Waals surface area contributed by atoms with E-state index in [4.69, 9.17) is 4.74 Å². The number of carbonyl (C=O) groups is 1. The van der Waals surface area contributed by atoms with Gasteiger partial charge in [0.25, 0.3) is 5.91 Å². The Hall–Kier alpha value is -1.40. The first-order valence-corrected chi connectivity index (χ1v) is 5.57. The van der Waals surface area contributed by atoms with Gasteiger partial charge in [0.2, 0.25) is 0 Å². The van der Waals surface area contributed by atoms with Crippen molar-refractivity contribution in [2.45, 2.75) is 18.4 Å². The van der Waals surface area contributed by atoms with Crippen molar-refractivity contribution >= 4 is 5.91 Å². The normalized spacial score (nSPS) is 18.9. The third-order valence-electron chi connectivity index (χ3n) is 2.96. The molecule has 1 saturated heterocycles. The van der Waals surface area contributed by atoms with Gasteiger partial charge in [0.05, 0.1) is 5.60 Å². The van der Waals surface area contributed by atoms with Crippen molar-refractivity contribution in [1.29, 1.82) is 0 Å². The van der Waals surface area contributed by atoms with Gasteiger partial charge in [-0.25, -0.2) is 0 Å². The molecule has 0 spiro atoms. The van der Waals surface area contributed by atoms with Gasteiger partial charge in [-0.1, -0.05) is 5.16 Å². The van der Waals surface area contributed by atoms with E-state index in [-0.39, 0.29) is 18.1 Å². The lowest BCUT2D eigenvalue weighted by atomic mass is 9.94. The second-order valence-electron chi connectivity index (χ2n) is 4.38. The average Bonchev–Trinajstić information content (AvgIpc) is 2.81. The molecule has 0 bridgehead atoms. The van der Waals surface area contributed by atoms with Crippen molar-refractivity contribution in [3.05, 3.63) is 18.0 Å². The molecule has 0 saturated carbocycles. The van der Waals surface area contributed by atoms with Crippen LogP contribution in [0.5, 0.6) is 0 Å². The number of ether oxygens (including phenoxy) is 1. The molecule has 0 aliphatic carbocycles. The fourth-order valence-corrected chi connectivity index (χ4v) is 1.94. The first kappa shape index (κ1) is 12.1. The number of hydrogen-bond acceptors (Lipinski definition) is 5. The highest BCUT2D eigenvalue weighted by atomic mass is 16.5. The largest absolute Gasteiger partial charge is 0.388 e. The van der Waals surface area contributed by atoms with Gasteiger partial charge < -0.3 is 19.3 Å². The number of rotatable bonds is 3. The molecule has 0 unspecified atom stereocenters. The van der Waals surface area contributed by atoms with E-state index in [1.165, 1.54) is 17.2 Å². The topological polar surface area (TPSA) is 75.8 Å². The first-order chi connectivity index (χ1) is 8.11. The fourth-order valence-electron chi connectivity index (χ4n) is 1.94. The lowest BCUT2D eigenvalue weighted by molar-refractivity contribution is -0.0734. The molecule has 1 fully saturated rings. The van der Waals surface area contributed by atoms with Gasteiger partial charge in [0.15, 0.2) is 5.69 Å². The van der Waals surface area contributed by atoms with Gasteiger partial charge >= 0.3 is 0 Å². The number of amides is 1. The Morgan fingerprint density at radius 3 is 2.88 bits per heavy atom. The molecule has 2 rings (SSSR count). The Labute approximate surface area is 99.1 Å². The lowest BCUT2D eigenvalue weighted by Crippen LogP contribution is -2.47. The van der Waals surface area contributed by atoms with Crippen LogP contribution in [-0.4, -0.2) is 53.5 Å². The summed E-state index contributed by atoms with van der Waals surface area (Å²) >= 11 is 0. The molecular formula is C11H16N2O4. The van der Waals surface area contributed by atoms with Crippen LogP contribution in [-0.2, 0) is 4.74 Å². The first-order valence-electron chi connectivity index (χ1n) is 5.57. The molecule has 2 heterocycles. The monoisotopic (exact) mass is 240 g/mol. The van der Waals surface area contributed by atoms with Crippen LogP contribution >= 0.6 is 0 Å². The summed E-state index contributed by atoms with van der Waals surface area (Å²) in [7, 11) is 1.64. The van der Waals surface area contributed by atoms with E-state index in [1.54, 1.807) is 7.05 Å². The Bertz CT molecular complexity index is 371. The molecule has 0 radical (unpaired) electrons. The van der Waals surface area contributed by atoms with E-state index >= 15 is 0 Å². The summed E-state index contributed by atoms with van der Waals surface area (Å²) in [6.07, 6.45) is 2.44.